The lowest BCUT2D eigenvalue weighted by molar-refractivity contribution is -0.125. The lowest BCUT2D eigenvalue weighted by Gasteiger charge is -2.23. The molecule has 0 radical (unpaired) electrons. The van der Waals surface area contributed by atoms with Gasteiger partial charge in [0.1, 0.15) is 5.82 Å². The van der Waals surface area contributed by atoms with Crippen LogP contribution in [0.2, 0.25) is 0 Å². The van der Waals surface area contributed by atoms with Crippen molar-refractivity contribution >= 4 is 11.7 Å². The van der Waals surface area contributed by atoms with Crippen LogP contribution in [0.25, 0.3) is 0 Å². The maximum absolute atomic E-state index is 12.9. The van der Waals surface area contributed by atoms with Crippen molar-refractivity contribution in [3.05, 3.63) is 71.0 Å². The van der Waals surface area contributed by atoms with E-state index in [4.69, 9.17) is 0 Å². The van der Waals surface area contributed by atoms with Crippen LogP contribution >= 0.6 is 0 Å². The number of Topliss-reactive ketones (excluding diaryl/α,β-unsaturated/α-hetero) is 1. The Kier molecular flexibility index (Phi) is 5.78. The molecule has 1 fully saturated rings. The molecule has 1 aliphatic rings. The molecule has 1 unspecified atom stereocenters. The van der Waals surface area contributed by atoms with Crippen molar-refractivity contribution in [1.29, 1.82) is 0 Å². The number of amides is 1. The summed E-state index contributed by atoms with van der Waals surface area (Å²) in [4.78, 5) is 26.8. The molecule has 0 saturated carbocycles. The molecule has 4 nitrogen and oxygen atoms in total. The quantitative estimate of drug-likeness (QED) is 0.811. The summed E-state index contributed by atoms with van der Waals surface area (Å²) in [5.41, 5.74) is 2.79. The van der Waals surface area contributed by atoms with Crippen molar-refractivity contribution in [2.24, 2.45) is 0 Å². The van der Waals surface area contributed by atoms with Crippen LogP contribution in [0.1, 0.15) is 34.3 Å². The number of hydrogen-bond acceptors (Lipinski definition) is 3. The Morgan fingerprint density at radius 2 is 1.96 bits per heavy atom. The summed E-state index contributed by atoms with van der Waals surface area (Å²) in [6.45, 7) is 3.58. The number of hydrogen-bond donors (Lipinski definition) is 1. The van der Waals surface area contributed by atoms with E-state index in [0.29, 0.717) is 5.56 Å². The fraction of sp³-hybridized carbons (Fsp3) is 0.333. The number of ketones is 1. The van der Waals surface area contributed by atoms with Gasteiger partial charge in [0, 0.05) is 12.1 Å². The highest BCUT2D eigenvalue weighted by Gasteiger charge is 2.30. The molecule has 2 aromatic carbocycles. The zero-order valence-corrected chi connectivity index (χ0v) is 14.9. The van der Waals surface area contributed by atoms with E-state index < -0.39 is 0 Å². The van der Waals surface area contributed by atoms with Gasteiger partial charge in [-0.05, 0) is 56.1 Å². The largest absolute Gasteiger partial charge is 0.347 e. The molecular formula is C21H23FN2O2. The van der Waals surface area contributed by atoms with Gasteiger partial charge in [0.2, 0.25) is 5.91 Å². The topological polar surface area (TPSA) is 49.4 Å². The van der Waals surface area contributed by atoms with Gasteiger partial charge in [0.15, 0.2) is 5.78 Å². The maximum Gasteiger partial charge on any atom is 0.237 e. The van der Waals surface area contributed by atoms with Crippen molar-refractivity contribution in [2.45, 2.75) is 32.4 Å². The molecule has 0 aliphatic carbocycles. The maximum atomic E-state index is 12.9. The van der Waals surface area contributed by atoms with Gasteiger partial charge in [0.25, 0.3) is 0 Å². The second-order valence-corrected chi connectivity index (χ2v) is 6.77. The first kappa shape index (κ1) is 18.3. The van der Waals surface area contributed by atoms with Crippen LogP contribution in [0.15, 0.2) is 48.5 Å². The smallest absolute Gasteiger partial charge is 0.237 e. The third kappa shape index (κ3) is 4.55. The van der Waals surface area contributed by atoms with E-state index in [1.807, 2.05) is 6.07 Å². The summed E-state index contributed by atoms with van der Waals surface area (Å²) in [6, 6.07) is 13.4. The lowest BCUT2D eigenvalue weighted by atomic mass is 10.1. The first-order valence-corrected chi connectivity index (χ1v) is 8.89. The van der Waals surface area contributed by atoms with Crippen LogP contribution in [0.5, 0.6) is 0 Å². The number of rotatable bonds is 6. The highest BCUT2D eigenvalue weighted by molar-refractivity contribution is 5.99. The molecule has 2 aromatic rings. The number of benzene rings is 2. The molecule has 1 N–H and O–H groups in total. The molecule has 0 aromatic heterocycles. The van der Waals surface area contributed by atoms with E-state index in [9.17, 15) is 14.0 Å². The Labute approximate surface area is 153 Å². The third-order valence-electron chi connectivity index (χ3n) is 4.72. The number of carbonyl (C=O) groups excluding carboxylic acids is 2. The highest BCUT2D eigenvalue weighted by Crippen LogP contribution is 2.20. The highest BCUT2D eigenvalue weighted by atomic mass is 19.1. The molecule has 0 spiro atoms. The average Bonchev–Trinajstić information content (AvgIpc) is 3.08. The molecule has 26 heavy (non-hydrogen) atoms. The van der Waals surface area contributed by atoms with Crippen molar-refractivity contribution < 1.29 is 14.0 Å². The number of nitrogens with zero attached hydrogens (tertiary/aromatic N) is 1. The molecule has 136 valence electrons. The predicted octanol–water partition coefficient (Wildman–Crippen LogP) is 3.10. The predicted molar refractivity (Wildman–Crippen MR) is 98.4 cm³/mol. The summed E-state index contributed by atoms with van der Waals surface area (Å²) < 4.78 is 12.9. The summed E-state index contributed by atoms with van der Waals surface area (Å²) >= 11 is 0. The van der Waals surface area contributed by atoms with E-state index in [1.54, 1.807) is 0 Å². The summed E-state index contributed by atoms with van der Waals surface area (Å²) in [5.74, 6) is -0.726. The van der Waals surface area contributed by atoms with Gasteiger partial charge in [-0.25, -0.2) is 4.39 Å². The normalized spacial score (nSPS) is 17.2. The molecule has 3 rings (SSSR count). The second kappa shape index (κ2) is 8.23. The summed E-state index contributed by atoms with van der Waals surface area (Å²) in [6.07, 6.45) is 1.76. The number of aryl methyl sites for hydroxylation is 1. The lowest BCUT2D eigenvalue weighted by Crippen LogP contribution is -2.44. The van der Waals surface area contributed by atoms with Crippen LogP contribution < -0.4 is 5.32 Å². The molecule has 1 amide bonds. The fourth-order valence-electron chi connectivity index (χ4n) is 3.38. The van der Waals surface area contributed by atoms with Crippen molar-refractivity contribution in [3.63, 3.8) is 0 Å². The third-order valence-corrected chi connectivity index (χ3v) is 4.72. The molecule has 1 aliphatic heterocycles. The minimum atomic E-state index is -0.386. The van der Waals surface area contributed by atoms with Crippen LogP contribution in [-0.4, -0.2) is 35.7 Å². The minimum absolute atomic E-state index is 0.0702. The van der Waals surface area contributed by atoms with Gasteiger partial charge in [0.05, 0.1) is 12.6 Å². The van der Waals surface area contributed by atoms with E-state index in [1.165, 1.54) is 35.4 Å². The Morgan fingerprint density at radius 1 is 1.19 bits per heavy atom. The first-order valence-electron chi connectivity index (χ1n) is 8.89. The van der Waals surface area contributed by atoms with Crippen LogP contribution in [0.3, 0.4) is 0 Å². The Bertz CT molecular complexity index is 789. The van der Waals surface area contributed by atoms with Gasteiger partial charge < -0.3 is 5.32 Å². The molecule has 1 saturated heterocycles. The molecule has 5 heteroatoms. The van der Waals surface area contributed by atoms with Crippen molar-refractivity contribution in [2.75, 3.05) is 13.1 Å². The van der Waals surface area contributed by atoms with E-state index in [0.717, 1.165) is 25.9 Å². The van der Waals surface area contributed by atoms with Crippen LogP contribution in [0.4, 0.5) is 4.39 Å². The van der Waals surface area contributed by atoms with Gasteiger partial charge in [-0.1, -0.05) is 29.8 Å². The molecule has 1 heterocycles. The zero-order chi connectivity index (χ0) is 18.5. The number of carbonyl (C=O) groups is 2. The Hall–Kier alpha value is -2.53. The number of nitrogens with one attached hydrogen (secondary N) is 1. The van der Waals surface area contributed by atoms with Crippen LogP contribution in [-0.2, 0) is 11.3 Å². The van der Waals surface area contributed by atoms with Gasteiger partial charge in [-0.3, -0.25) is 14.5 Å². The Balaban J connectivity index is 1.56. The molecular weight excluding hydrogens is 331 g/mol. The summed E-state index contributed by atoms with van der Waals surface area (Å²) in [7, 11) is 0. The standard InChI is InChI=1S/C21H23FN2O2/c1-15-4-2-5-16(12-15)14-24-11-3-6-19(24)21(26)23-13-20(25)17-7-9-18(22)10-8-17/h2,4-5,7-10,12,19H,3,6,11,13-14H2,1H3,(H,23,26). The SMILES string of the molecule is Cc1cccc(CN2CCCC2C(=O)NCC(=O)c2ccc(F)cc2)c1. The minimum Gasteiger partial charge on any atom is -0.347 e. The fourth-order valence-corrected chi connectivity index (χ4v) is 3.38. The molecule has 0 bridgehead atoms. The van der Waals surface area contributed by atoms with Crippen molar-refractivity contribution in [3.8, 4) is 0 Å². The van der Waals surface area contributed by atoms with Gasteiger partial charge in [-0.15, -0.1) is 0 Å². The monoisotopic (exact) mass is 354 g/mol. The first-order chi connectivity index (χ1) is 12.5. The van der Waals surface area contributed by atoms with Crippen molar-refractivity contribution in [1.82, 2.24) is 10.2 Å². The number of halogens is 1. The van der Waals surface area contributed by atoms with Crippen LogP contribution in [0, 0.1) is 12.7 Å². The summed E-state index contributed by atoms with van der Waals surface area (Å²) in [5, 5.41) is 2.74. The van der Waals surface area contributed by atoms with Gasteiger partial charge >= 0.3 is 0 Å². The van der Waals surface area contributed by atoms with E-state index in [2.05, 4.69) is 35.3 Å². The molecule has 1 atom stereocenters. The number of likely N-dealkylation sites (tertiary alicyclic amines) is 1. The zero-order valence-electron chi connectivity index (χ0n) is 14.9. The Morgan fingerprint density at radius 3 is 2.69 bits per heavy atom. The van der Waals surface area contributed by atoms with E-state index >= 15 is 0 Å². The van der Waals surface area contributed by atoms with Gasteiger partial charge in [-0.2, -0.15) is 0 Å². The van der Waals surface area contributed by atoms with E-state index in [-0.39, 0.29) is 30.1 Å². The second-order valence-electron chi connectivity index (χ2n) is 6.77. The average molecular weight is 354 g/mol.